The van der Waals surface area contributed by atoms with E-state index in [4.69, 9.17) is 27.7 Å². The first-order valence-electron chi connectivity index (χ1n) is 6.51. The molecule has 0 saturated heterocycles. The standard InChI is InChI=1S/C16H9Cl2FN2O2/c17-10-5-11(18)7-13(6-10)20-16(22)14-8-15(23-21-14)9-1-3-12(19)4-2-9/h1-8H,(H,20,22). The molecule has 0 bridgehead atoms. The Morgan fingerprint density at radius 2 is 1.70 bits per heavy atom. The topological polar surface area (TPSA) is 55.1 Å². The highest BCUT2D eigenvalue weighted by atomic mass is 35.5. The molecule has 0 saturated carbocycles. The summed E-state index contributed by atoms with van der Waals surface area (Å²) >= 11 is 11.8. The molecule has 1 N–H and O–H groups in total. The van der Waals surface area contributed by atoms with Crippen molar-refractivity contribution >= 4 is 34.8 Å². The van der Waals surface area contributed by atoms with Gasteiger partial charge in [0.25, 0.3) is 5.91 Å². The Hall–Kier alpha value is -2.37. The summed E-state index contributed by atoms with van der Waals surface area (Å²) in [5, 5.41) is 7.14. The minimum Gasteiger partial charge on any atom is -0.355 e. The van der Waals surface area contributed by atoms with Gasteiger partial charge in [-0.25, -0.2) is 4.39 Å². The van der Waals surface area contributed by atoms with Gasteiger partial charge in [0.15, 0.2) is 11.5 Å². The third-order valence-corrected chi connectivity index (χ3v) is 3.43. The van der Waals surface area contributed by atoms with E-state index in [1.165, 1.54) is 30.3 Å². The molecular formula is C16H9Cl2FN2O2. The Morgan fingerprint density at radius 1 is 1.04 bits per heavy atom. The van der Waals surface area contributed by atoms with Crippen molar-refractivity contribution in [2.24, 2.45) is 0 Å². The summed E-state index contributed by atoms with van der Waals surface area (Å²) in [6.45, 7) is 0. The summed E-state index contributed by atoms with van der Waals surface area (Å²) in [5.41, 5.74) is 1.14. The molecule has 0 aliphatic rings. The molecule has 0 atom stereocenters. The monoisotopic (exact) mass is 350 g/mol. The summed E-state index contributed by atoms with van der Waals surface area (Å²) < 4.78 is 18.0. The highest BCUT2D eigenvalue weighted by Crippen LogP contribution is 2.24. The van der Waals surface area contributed by atoms with Crippen LogP contribution in [0.15, 0.2) is 53.1 Å². The van der Waals surface area contributed by atoms with Gasteiger partial charge in [-0.15, -0.1) is 0 Å². The number of benzene rings is 2. The quantitative estimate of drug-likeness (QED) is 0.719. The number of carbonyl (C=O) groups is 1. The molecule has 4 nitrogen and oxygen atoms in total. The van der Waals surface area contributed by atoms with Crippen LogP contribution in [0.2, 0.25) is 10.0 Å². The van der Waals surface area contributed by atoms with Crippen LogP contribution < -0.4 is 5.32 Å². The van der Waals surface area contributed by atoms with Crippen LogP contribution in [-0.2, 0) is 0 Å². The second-order valence-electron chi connectivity index (χ2n) is 4.70. The first-order valence-corrected chi connectivity index (χ1v) is 7.27. The molecule has 116 valence electrons. The zero-order valence-corrected chi connectivity index (χ0v) is 13.0. The number of anilines is 1. The first-order chi connectivity index (χ1) is 11.0. The third kappa shape index (κ3) is 3.70. The van der Waals surface area contributed by atoms with E-state index < -0.39 is 5.91 Å². The maximum atomic E-state index is 12.9. The van der Waals surface area contributed by atoms with E-state index in [9.17, 15) is 9.18 Å². The normalized spacial score (nSPS) is 10.6. The molecular weight excluding hydrogens is 342 g/mol. The van der Waals surface area contributed by atoms with Crippen molar-refractivity contribution < 1.29 is 13.7 Å². The molecule has 1 amide bonds. The number of hydrogen-bond acceptors (Lipinski definition) is 3. The molecule has 23 heavy (non-hydrogen) atoms. The number of nitrogens with one attached hydrogen (secondary N) is 1. The number of amides is 1. The lowest BCUT2D eigenvalue weighted by Gasteiger charge is -2.03. The molecule has 0 aliphatic heterocycles. The molecule has 1 heterocycles. The van der Waals surface area contributed by atoms with Crippen LogP contribution in [0.1, 0.15) is 10.5 Å². The Balaban J connectivity index is 1.79. The van der Waals surface area contributed by atoms with Crippen LogP contribution in [-0.4, -0.2) is 11.1 Å². The van der Waals surface area contributed by atoms with E-state index in [2.05, 4.69) is 10.5 Å². The highest BCUT2D eigenvalue weighted by molar-refractivity contribution is 6.35. The smallest absolute Gasteiger partial charge is 0.277 e. The van der Waals surface area contributed by atoms with Gasteiger partial charge in [-0.3, -0.25) is 4.79 Å². The summed E-state index contributed by atoms with van der Waals surface area (Å²) in [6.07, 6.45) is 0. The van der Waals surface area contributed by atoms with Gasteiger partial charge in [-0.2, -0.15) is 0 Å². The Labute approximate surface area is 140 Å². The molecule has 2 aromatic carbocycles. The van der Waals surface area contributed by atoms with Crippen LogP contribution in [0.25, 0.3) is 11.3 Å². The molecule has 3 aromatic rings. The van der Waals surface area contributed by atoms with Crippen molar-refractivity contribution in [2.75, 3.05) is 5.32 Å². The van der Waals surface area contributed by atoms with Gasteiger partial charge in [-0.05, 0) is 42.5 Å². The fraction of sp³-hybridized carbons (Fsp3) is 0. The molecule has 0 radical (unpaired) electrons. The molecule has 1 aromatic heterocycles. The Morgan fingerprint density at radius 3 is 2.35 bits per heavy atom. The van der Waals surface area contributed by atoms with Gasteiger partial charge in [0.05, 0.1) is 0 Å². The van der Waals surface area contributed by atoms with Crippen LogP contribution in [0.3, 0.4) is 0 Å². The van der Waals surface area contributed by atoms with E-state index in [0.717, 1.165) is 0 Å². The molecule has 0 fully saturated rings. The lowest BCUT2D eigenvalue weighted by atomic mass is 10.1. The molecule has 3 rings (SSSR count). The average molecular weight is 351 g/mol. The van der Waals surface area contributed by atoms with Gasteiger partial charge in [0, 0.05) is 27.4 Å². The second kappa shape index (κ2) is 6.40. The number of carbonyl (C=O) groups excluding carboxylic acids is 1. The van der Waals surface area contributed by atoms with Crippen LogP contribution in [0.4, 0.5) is 10.1 Å². The van der Waals surface area contributed by atoms with Crippen LogP contribution >= 0.6 is 23.2 Å². The van der Waals surface area contributed by atoms with Gasteiger partial charge < -0.3 is 9.84 Å². The van der Waals surface area contributed by atoms with Gasteiger partial charge in [0.1, 0.15) is 5.82 Å². The lowest BCUT2D eigenvalue weighted by molar-refractivity contribution is 0.101. The lowest BCUT2D eigenvalue weighted by Crippen LogP contribution is -2.12. The minimum absolute atomic E-state index is 0.0837. The zero-order valence-electron chi connectivity index (χ0n) is 11.5. The molecule has 7 heteroatoms. The summed E-state index contributed by atoms with van der Waals surface area (Å²) in [4.78, 5) is 12.2. The van der Waals surface area contributed by atoms with E-state index in [1.54, 1.807) is 18.2 Å². The fourth-order valence-corrected chi connectivity index (χ4v) is 2.48. The van der Waals surface area contributed by atoms with Crippen molar-refractivity contribution in [3.63, 3.8) is 0 Å². The van der Waals surface area contributed by atoms with E-state index in [-0.39, 0.29) is 11.5 Å². The van der Waals surface area contributed by atoms with E-state index in [1.807, 2.05) is 0 Å². The predicted octanol–water partition coefficient (Wildman–Crippen LogP) is 5.04. The highest BCUT2D eigenvalue weighted by Gasteiger charge is 2.14. The molecule has 0 unspecified atom stereocenters. The number of hydrogen-bond donors (Lipinski definition) is 1. The number of nitrogens with zero attached hydrogens (tertiary/aromatic N) is 1. The largest absolute Gasteiger partial charge is 0.355 e. The van der Waals surface area contributed by atoms with E-state index >= 15 is 0 Å². The maximum absolute atomic E-state index is 12.9. The molecule has 0 spiro atoms. The zero-order chi connectivity index (χ0) is 16.4. The summed E-state index contributed by atoms with van der Waals surface area (Å²) in [6, 6.07) is 11.8. The third-order valence-electron chi connectivity index (χ3n) is 2.99. The van der Waals surface area contributed by atoms with Gasteiger partial charge in [-0.1, -0.05) is 28.4 Å². The first kappa shape index (κ1) is 15.5. The Bertz CT molecular complexity index is 843. The summed E-state index contributed by atoms with van der Waals surface area (Å²) in [7, 11) is 0. The van der Waals surface area contributed by atoms with Crippen LogP contribution in [0, 0.1) is 5.82 Å². The number of halogens is 3. The van der Waals surface area contributed by atoms with Crippen molar-refractivity contribution in [3.05, 3.63) is 70.1 Å². The molecule has 0 aliphatic carbocycles. The van der Waals surface area contributed by atoms with Gasteiger partial charge >= 0.3 is 0 Å². The van der Waals surface area contributed by atoms with Gasteiger partial charge in [0.2, 0.25) is 0 Å². The van der Waals surface area contributed by atoms with Crippen molar-refractivity contribution in [1.29, 1.82) is 0 Å². The maximum Gasteiger partial charge on any atom is 0.277 e. The summed E-state index contributed by atoms with van der Waals surface area (Å²) in [5.74, 6) is -0.469. The SMILES string of the molecule is O=C(Nc1cc(Cl)cc(Cl)c1)c1cc(-c2ccc(F)cc2)on1. The minimum atomic E-state index is -0.472. The van der Waals surface area contributed by atoms with Crippen molar-refractivity contribution in [2.45, 2.75) is 0 Å². The van der Waals surface area contributed by atoms with Crippen molar-refractivity contribution in [3.8, 4) is 11.3 Å². The predicted molar refractivity (Wildman–Crippen MR) is 86.3 cm³/mol. The Kier molecular flexibility index (Phi) is 4.32. The number of aromatic nitrogens is 1. The average Bonchev–Trinajstić information content (AvgIpc) is 2.97. The van der Waals surface area contributed by atoms with Crippen molar-refractivity contribution in [1.82, 2.24) is 5.16 Å². The van der Waals surface area contributed by atoms with Crippen LogP contribution in [0.5, 0.6) is 0 Å². The number of rotatable bonds is 3. The second-order valence-corrected chi connectivity index (χ2v) is 5.57. The fourth-order valence-electron chi connectivity index (χ4n) is 1.95. The van der Waals surface area contributed by atoms with E-state index in [0.29, 0.717) is 27.1 Å².